The van der Waals surface area contributed by atoms with E-state index in [9.17, 15) is 9.59 Å². The molecule has 35 heavy (non-hydrogen) atoms. The average molecular weight is 505 g/mol. The molecule has 0 heterocycles. The predicted octanol–water partition coefficient (Wildman–Crippen LogP) is 7.83. The molecule has 0 aromatic carbocycles. The highest BCUT2D eigenvalue weighted by Gasteiger charge is 2.72. The van der Waals surface area contributed by atoms with Crippen LogP contribution in [0.25, 0.3) is 0 Å². The number of carbonyl (C=O) groups is 2. The van der Waals surface area contributed by atoms with Crippen LogP contribution in [-0.2, 0) is 14.3 Å². The zero-order chi connectivity index (χ0) is 25.3. The number of ketones is 1. The summed E-state index contributed by atoms with van der Waals surface area (Å²) in [5.41, 5.74) is -0.213. The quantitative estimate of drug-likeness (QED) is 0.273. The van der Waals surface area contributed by atoms with Gasteiger partial charge in [0.1, 0.15) is 5.38 Å². The molecule has 0 unspecified atom stereocenters. The number of Topliss-reactive ketones (excluding diaryl/α,β-unsaturated/α-hetero) is 1. The van der Waals surface area contributed by atoms with Gasteiger partial charge >= 0.3 is 5.97 Å². The smallest absolute Gasteiger partial charge is 0.303 e. The van der Waals surface area contributed by atoms with E-state index in [0.29, 0.717) is 17.8 Å². The summed E-state index contributed by atoms with van der Waals surface area (Å²) >= 11 is 6.60. The lowest BCUT2D eigenvalue weighted by Crippen LogP contribution is -2.72. The van der Waals surface area contributed by atoms with Crippen LogP contribution in [0.4, 0.5) is 0 Å². The highest BCUT2D eigenvalue weighted by Crippen LogP contribution is 2.71. The van der Waals surface area contributed by atoms with Gasteiger partial charge in [-0.05, 0) is 104 Å². The van der Waals surface area contributed by atoms with Crippen molar-refractivity contribution in [3.63, 3.8) is 0 Å². The molecule has 5 saturated carbocycles. The van der Waals surface area contributed by atoms with Gasteiger partial charge in [-0.25, -0.2) is 0 Å². The van der Waals surface area contributed by atoms with Crippen LogP contribution in [0.2, 0.25) is 0 Å². The van der Waals surface area contributed by atoms with Crippen molar-refractivity contribution in [3.8, 4) is 0 Å². The lowest BCUT2D eigenvalue weighted by molar-refractivity contribution is -0.219. The second-order valence-electron chi connectivity index (χ2n) is 14.5. The molecule has 0 aliphatic heterocycles. The Balaban J connectivity index is 1.33. The molecular weight excluding hydrogens is 456 g/mol. The first kappa shape index (κ1) is 26.1. The fraction of sp³-hybridized carbons (Fsp3) is 0.935. The molecule has 5 aliphatic carbocycles. The maximum absolute atomic E-state index is 12.9. The van der Waals surface area contributed by atoms with Crippen LogP contribution < -0.4 is 0 Å². The summed E-state index contributed by atoms with van der Waals surface area (Å²) in [6.07, 6.45) is 13.8. The van der Waals surface area contributed by atoms with Crippen molar-refractivity contribution >= 4 is 23.4 Å². The summed E-state index contributed by atoms with van der Waals surface area (Å²) in [4.78, 5) is 24.9. The van der Waals surface area contributed by atoms with Crippen LogP contribution in [0, 0.1) is 58.2 Å². The number of hydrogen-bond acceptors (Lipinski definition) is 3. The van der Waals surface area contributed by atoms with E-state index in [2.05, 4.69) is 34.6 Å². The number of esters is 1. The zero-order valence-electron chi connectivity index (χ0n) is 23.1. The topological polar surface area (TPSA) is 43.4 Å². The summed E-state index contributed by atoms with van der Waals surface area (Å²) in [5.74, 6) is 5.01. The second-order valence-corrected chi connectivity index (χ2v) is 14.9. The number of hydrogen-bond donors (Lipinski definition) is 0. The third kappa shape index (κ3) is 3.87. The predicted molar refractivity (Wildman–Crippen MR) is 141 cm³/mol. The molecule has 0 aromatic heterocycles. The fourth-order valence-electron chi connectivity index (χ4n) is 10.7. The van der Waals surface area contributed by atoms with E-state index < -0.39 is 11.0 Å². The Hall–Kier alpha value is -0.570. The summed E-state index contributed by atoms with van der Waals surface area (Å²) in [6.45, 7) is 13.9. The van der Waals surface area contributed by atoms with Gasteiger partial charge in [-0.3, -0.25) is 9.59 Å². The van der Waals surface area contributed by atoms with Crippen molar-refractivity contribution in [2.24, 2.45) is 58.2 Å². The van der Waals surface area contributed by atoms with Crippen LogP contribution in [0.1, 0.15) is 112 Å². The molecular formula is C31H49ClO3. The van der Waals surface area contributed by atoms with Gasteiger partial charge in [0, 0.05) is 12.8 Å². The number of carbonyl (C=O) groups excluding carboxylic acids is 2. The maximum atomic E-state index is 12.9. The van der Waals surface area contributed by atoms with Crippen LogP contribution >= 0.6 is 11.6 Å². The molecule has 0 aromatic rings. The van der Waals surface area contributed by atoms with Crippen LogP contribution in [0.5, 0.6) is 0 Å². The SMILES string of the molecule is CC(=O)O[C@@]12C[C@@H]3CC[C@@H]4[C@H](CC[C@]5(C)[C@@H]([C@@H](C)CCCC(C)C)CC[C@@H]45)[C@@]3(C)C[C@@H]1[C@H](Cl)C2=O. The van der Waals surface area contributed by atoms with E-state index in [0.717, 1.165) is 41.9 Å². The molecule has 0 radical (unpaired) electrons. The molecule has 5 rings (SSSR count). The van der Waals surface area contributed by atoms with Gasteiger partial charge in [0.2, 0.25) is 0 Å². The lowest BCUT2D eigenvalue weighted by Gasteiger charge is -2.66. The maximum Gasteiger partial charge on any atom is 0.303 e. The second kappa shape index (κ2) is 9.02. The van der Waals surface area contributed by atoms with E-state index >= 15 is 0 Å². The molecule has 0 N–H and O–H groups in total. The summed E-state index contributed by atoms with van der Waals surface area (Å²) in [6, 6.07) is 0. The van der Waals surface area contributed by atoms with Crippen molar-refractivity contribution in [3.05, 3.63) is 0 Å². The molecule has 198 valence electrons. The molecule has 0 saturated heterocycles. The Labute approximate surface area is 218 Å². The summed E-state index contributed by atoms with van der Waals surface area (Å²) in [7, 11) is 0. The molecule has 3 nitrogen and oxygen atoms in total. The average Bonchev–Trinajstić information content (AvgIpc) is 3.15. The van der Waals surface area contributed by atoms with Gasteiger partial charge in [0.15, 0.2) is 11.4 Å². The van der Waals surface area contributed by atoms with Gasteiger partial charge in [-0.1, -0.05) is 53.9 Å². The Morgan fingerprint density at radius 3 is 2.37 bits per heavy atom. The van der Waals surface area contributed by atoms with Crippen molar-refractivity contribution in [1.82, 2.24) is 0 Å². The highest BCUT2D eigenvalue weighted by atomic mass is 35.5. The van der Waals surface area contributed by atoms with Crippen LogP contribution in [0.15, 0.2) is 0 Å². The largest absolute Gasteiger partial charge is 0.451 e. The van der Waals surface area contributed by atoms with Crippen molar-refractivity contribution in [2.45, 2.75) is 123 Å². The molecule has 4 heteroatoms. The number of rotatable bonds is 6. The molecule has 0 amide bonds. The van der Waals surface area contributed by atoms with Crippen LogP contribution in [0.3, 0.4) is 0 Å². The molecule has 5 fully saturated rings. The van der Waals surface area contributed by atoms with Crippen molar-refractivity contribution < 1.29 is 14.3 Å². The minimum absolute atomic E-state index is 0.00816. The number of ether oxygens (including phenoxy) is 1. The van der Waals surface area contributed by atoms with E-state index in [4.69, 9.17) is 16.3 Å². The fourth-order valence-corrected chi connectivity index (χ4v) is 11.2. The first-order valence-electron chi connectivity index (χ1n) is 14.8. The standard InChI is InChI=1S/C31H49ClO3/c1-18(2)8-7-9-19(3)23-12-13-24-22-11-10-21-16-31(35-20(4)33)26(27(32)28(31)34)17-30(21,6)25(22)14-15-29(23,24)5/h18-19,21-27H,7-17H2,1-6H3/t19-,21-,22-,23+,24-,25-,26+,27-,29+,30-,31-/m0/s1. The molecule has 5 aliphatic rings. The van der Waals surface area contributed by atoms with E-state index in [1.54, 1.807) is 0 Å². The third-order valence-corrected chi connectivity index (χ3v) is 12.9. The minimum atomic E-state index is -0.928. The monoisotopic (exact) mass is 504 g/mol. The van der Waals surface area contributed by atoms with Gasteiger partial charge in [-0.15, -0.1) is 11.6 Å². The number of halogens is 1. The Morgan fingerprint density at radius 1 is 0.971 bits per heavy atom. The highest BCUT2D eigenvalue weighted by molar-refractivity contribution is 6.36. The Bertz CT molecular complexity index is 854. The third-order valence-electron chi connectivity index (χ3n) is 12.4. The minimum Gasteiger partial charge on any atom is -0.451 e. The Morgan fingerprint density at radius 2 is 1.69 bits per heavy atom. The zero-order valence-corrected chi connectivity index (χ0v) is 23.8. The molecule has 0 spiro atoms. The van der Waals surface area contributed by atoms with E-state index in [1.165, 1.54) is 64.7 Å². The first-order chi connectivity index (χ1) is 16.4. The van der Waals surface area contributed by atoms with Crippen molar-refractivity contribution in [1.29, 1.82) is 0 Å². The van der Waals surface area contributed by atoms with Gasteiger partial charge in [0.05, 0.1) is 0 Å². The van der Waals surface area contributed by atoms with E-state index in [-0.39, 0.29) is 23.1 Å². The summed E-state index contributed by atoms with van der Waals surface area (Å²) < 4.78 is 5.79. The Kier molecular flexibility index (Phi) is 6.71. The van der Waals surface area contributed by atoms with Gasteiger partial charge in [-0.2, -0.15) is 0 Å². The normalized spacial score (nSPS) is 49.4. The van der Waals surface area contributed by atoms with Crippen molar-refractivity contribution in [2.75, 3.05) is 0 Å². The van der Waals surface area contributed by atoms with Gasteiger partial charge in [0.25, 0.3) is 0 Å². The van der Waals surface area contributed by atoms with Gasteiger partial charge < -0.3 is 4.74 Å². The molecule has 11 atom stereocenters. The number of fused-ring (bicyclic) bond motifs is 6. The molecule has 0 bridgehead atoms. The number of alkyl halides is 1. The van der Waals surface area contributed by atoms with E-state index in [1.807, 2.05) is 0 Å². The lowest BCUT2D eigenvalue weighted by atomic mass is 9.40. The van der Waals surface area contributed by atoms with Crippen LogP contribution in [-0.4, -0.2) is 22.7 Å². The summed E-state index contributed by atoms with van der Waals surface area (Å²) in [5, 5.41) is -0.482. The first-order valence-corrected chi connectivity index (χ1v) is 15.3.